The van der Waals surface area contributed by atoms with E-state index >= 15 is 0 Å². The average molecular weight is 232 g/mol. The number of aromatic nitrogens is 1. The molecule has 1 heterocycles. The molecule has 0 fully saturated rings. The van der Waals surface area contributed by atoms with Crippen molar-refractivity contribution in [1.29, 1.82) is 0 Å². The van der Waals surface area contributed by atoms with Crippen LogP contribution in [0.5, 0.6) is 0 Å². The lowest BCUT2D eigenvalue weighted by atomic mass is 9.98. The van der Waals surface area contributed by atoms with Crippen molar-refractivity contribution in [1.82, 2.24) is 4.98 Å². The monoisotopic (exact) mass is 232 g/mol. The van der Waals surface area contributed by atoms with Gasteiger partial charge in [-0.2, -0.15) is 0 Å². The molecule has 1 aromatic heterocycles. The molecule has 0 aliphatic rings. The van der Waals surface area contributed by atoms with Crippen LogP contribution in [-0.2, 0) is 0 Å². The van der Waals surface area contributed by atoms with Crippen LogP contribution >= 0.6 is 11.3 Å². The normalized spacial score (nSPS) is 12.6. The number of hydrogen-bond acceptors (Lipinski definition) is 3. The summed E-state index contributed by atoms with van der Waals surface area (Å²) in [5, 5.41) is 2.87. The fraction of sp³-hybridized carbons (Fsp3) is 0.308. The molecule has 1 unspecified atom stereocenters. The molecule has 0 spiro atoms. The summed E-state index contributed by atoms with van der Waals surface area (Å²) in [6, 6.07) is 8.61. The summed E-state index contributed by atoms with van der Waals surface area (Å²) in [6.07, 6.45) is 1.17. The molecule has 2 nitrogen and oxygen atoms in total. The third-order valence-electron chi connectivity index (χ3n) is 2.86. The van der Waals surface area contributed by atoms with Crippen LogP contribution in [0.15, 0.2) is 29.6 Å². The third-order valence-corrected chi connectivity index (χ3v) is 3.77. The third kappa shape index (κ3) is 2.25. The molecule has 0 aliphatic heterocycles. The van der Waals surface area contributed by atoms with E-state index in [-0.39, 0.29) is 0 Å². The second-order valence-electron chi connectivity index (χ2n) is 4.01. The van der Waals surface area contributed by atoms with E-state index in [0.29, 0.717) is 11.7 Å². The Morgan fingerprint density at radius 2 is 2.00 bits per heavy atom. The SMILES string of the molecule is CCC(C)c1ccc(-c2nc(N)cs2)cc1. The van der Waals surface area contributed by atoms with Crippen LogP contribution in [-0.4, -0.2) is 4.98 Å². The summed E-state index contributed by atoms with van der Waals surface area (Å²) in [5.41, 5.74) is 8.15. The highest BCUT2D eigenvalue weighted by atomic mass is 32.1. The first-order valence-corrected chi connectivity index (χ1v) is 6.40. The Kier molecular flexibility index (Phi) is 3.25. The smallest absolute Gasteiger partial charge is 0.135 e. The lowest BCUT2D eigenvalue weighted by Crippen LogP contribution is -1.90. The Labute approximate surface area is 100 Å². The molecule has 0 bridgehead atoms. The molecule has 84 valence electrons. The van der Waals surface area contributed by atoms with Crippen molar-refractivity contribution in [3.63, 3.8) is 0 Å². The van der Waals surface area contributed by atoms with Gasteiger partial charge in [0.25, 0.3) is 0 Å². The number of thiazole rings is 1. The molecule has 2 N–H and O–H groups in total. The van der Waals surface area contributed by atoms with E-state index < -0.39 is 0 Å². The van der Waals surface area contributed by atoms with Crippen LogP contribution in [0.4, 0.5) is 5.82 Å². The summed E-state index contributed by atoms with van der Waals surface area (Å²) in [4.78, 5) is 4.27. The van der Waals surface area contributed by atoms with Crippen LogP contribution in [0.3, 0.4) is 0 Å². The molecular formula is C13H16N2S. The van der Waals surface area contributed by atoms with Crippen molar-refractivity contribution in [3.05, 3.63) is 35.2 Å². The lowest BCUT2D eigenvalue weighted by Gasteiger charge is -2.08. The van der Waals surface area contributed by atoms with Gasteiger partial charge in [0.05, 0.1) is 0 Å². The highest BCUT2D eigenvalue weighted by Crippen LogP contribution is 2.27. The maximum absolute atomic E-state index is 5.61. The maximum Gasteiger partial charge on any atom is 0.135 e. The average Bonchev–Trinajstić information content (AvgIpc) is 2.75. The molecule has 0 amide bonds. The maximum atomic E-state index is 5.61. The highest BCUT2D eigenvalue weighted by molar-refractivity contribution is 7.13. The Balaban J connectivity index is 2.25. The number of nitrogens with zero attached hydrogens (tertiary/aromatic N) is 1. The van der Waals surface area contributed by atoms with Gasteiger partial charge in [-0.05, 0) is 17.9 Å². The van der Waals surface area contributed by atoms with Gasteiger partial charge in [-0.3, -0.25) is 0 Å². The predicted molar refractivity (Wildman–Crippen MR) is 70.7 cm³/mol. The Bertz CT molecular complexity index is 459. The van der Waals surface area contributed by atoms with Gasteiger partial charge in [-0.15, -0.1) is 11.3 Å². The number of benzene rings is 1. The van der Waals surface area contributed by atoms with Gasteiger partial charge >= 0.3 is 0 Å². The van der Waals surface area contributed by atoms with E-state index in [1.54, 1.807) is 11.3 Å². The summed E-state index contributed by atoms with van der Waals surface area (Å²) >= 11 is 1.59. The van der Waals surface area contributed by atoms with Crippen molar-refractivity contribution in [2.75, 3.05) is 5.73 Å². The van der Waals surface area contributed by atoms with Gasteiger partial charge in [-0.1, -0.05) is 38.1 Å². The predicted octanol–water partition coefficient (Wildman–Crippen LogP) is 3.91. The van der Waals surface area contributed by atoms with Crippen molar-refractivity contribution in [2.24, 2.45) is 0 Å². The van der Waals surface area contributed by atoms with Crippen LogP contribution in [0.25, 0.3) is 10.6 Å². The van der Waals surface area contributed by atoms with E-state index in [1.165, 1.54) is 12.0 Å². The molecule has 3 heteroatoms. The first kappa shape index (κ1) is 11.1. The number of rotatable bonds is 3. The van der Waals surface area contributed by atoms with Crippen molar-refractivity contribution in [2.45, 2.75) is 26.2 Å². The van der Waals surface area contributed by atoms with Crippen molar-refractivity contribution >= 4 is 17.2 Å². The first-order chi connectivity index (χ1) is 7.70. The standard InChI is InChI=1S/C13H16N2S/c1-3-9(2)10-4-6-11(7-5-10)13-15-12(14)8-16-13/h4-9H,3,14H2,1-2H3. The van der Waals surface area contributed by atoms with E-state index in [4.69, 9.17) is 5.73 Å². The zero-order chi connectivity index (χ0) is 11.5. The van der Waals surface area contributed by atoms with Crippen LogP contribution in [0.2, 0.25) is 0 Å². The summed E-state index contributed by atoms with van der Waals surface area (Å²) < 4.78 is 0. The molecule has 1 atom stereocenters. The number of nitrogen functional groups attached to an aromatic ring is 1. The van der Waals surface area contributed by atoms with Crippen LogP contribution < -0.4 is 5.73 Å². The van der Waals surface area contributed by atoms with Crippen molar-refractivity contribution < 1.29 is 0 Å². The molecular weight excluding hydrogens is 216 g/mol. The second kappa shape index (κ2) is 4.66. The Morgan fingerprint density at radius 1 is 1.31 bits per heavy atom. The van der Waals surface area contributed by atoms with E-state index in [0.717, 1.165) is 10.6 Å². The largest absolute Gasteiger partial charge is 0.383 e. The zero-order valence-electron chi connectivity index (χ0n) is 9.60. The minimum Gasteiger partial charge on any atom is -0.383 e. The quantitative estimate of drug-likeness (QED) is 0.871. The fourth-order valence-electron chi connectivity index (χ4n) is 1.61. The van der Waals surface area contributed by atoms with E-state index in [1.807, 2.05) is 5.38 Å². The van der Waals surface area contributed by atoms with Gasteiger partial charge in [0.2, 0.25) is 0 Å². The summed E-state index contributed by atoms with van der Waals surface area (Å²) in [6.45, 7) is 4.45. The van der Waals surface area contributed by atoms with Crippen molar-refractivity contribution in [3.8, 4) is 10.6 Å². The molecule has 16 heavy (non-hydrogen) atoms. The molecule has 1 aromatic carbocycles. The molecule has 2 aromatic rings. The van der Waals surface area contributed by atoms with E-state index in [2.05, 4.69) is 43.1 Å². The van der Waals surface area contributed by atoms with Gasteiger partial charge in [0, 0.05) is 10.9 Å². The first-order valence-electron chi connectivity index (χ1n) is 5.52. The number of anilines is 1. The molecule has 0 saturated heterocycles. The molecule has 0 saturated carbocycles. The van der Waals surface area contributed by atoms with E-state index in [9.17, 15) is 0 Å². The van der Waals surface area contributed by atoms with Crippen LogP contribution in [0, 0.1) is 0 Å². The van der Waals surface area contributed by atoms with Gasteiger partial charge in [-0.25, -0.2) is 4.98 Å². The zero-order valence-corrected chi connectivity index (χ0v) is 10.4. The minimum absolute atomic E-state index is 0.603. The lowest BCUT2D eigenvalue weighted by molar-refractivity contribution is 0.734. The van der Waals surface area contributed by atoms with Gasteiger partial charge in [0.1, 0.15) is 10.8 Å². The molecule has 2 rings (SSSR count). The Morgan fingerprint density at radius 3 is 2.50 bits per heavy atom. The second-order valence-corrected chi connectivity index (χ2v) is 4.87. The number of nitrogens with two attached hydrogens (primary N) is 1. The fourth-order valence-corrected chi connectivity index (χ4v) is 2.32. The molecule has 0 aliphatic carbocycles. The highest BCUT2D eigenvalue weighted by Gasteiger charge is 2.05. The summed E-state index contributed by atoms with van der Waals surface area (Å²) in [5.74, 6) is 1.22. The van der Waals surface area contributed by atoms with Crippen LogP contribution in [0.1, 0.15) is 31.7 Å². The minimum atomic E-state index is 0.603. The number of hydrogen-bond donors (Lipinski definition) is 1. The Hall–Kier alpha value is -1.35. The van der Waals surface area contributed by atoms with Gasteiger partial charge < -0.3 is 5.73 Å². The molecule has 0 radical (unpaired) electrons. The topological polar surface area (TPSA) is 38.9 Å². The van der Waals surface area contributed by atoms with Gasteiger partial charge in [0.15, 0.2) is 0 Å². The summed E-state index contributed by atoms with van der Waals surface area (Å²) in [7, 11) is 0.